The van der Waals surface area contributed by atoms with Crippen molar-refractivity contribution in [1.29, 1.82) is 0 Å². The number of β-amino-alcohol motifs (C(OH)–C–C–N with tert-alkyl or cyclic N) is 1. The number of aliphatic hydroxyl groups excluding tert-OH is 1. The fourth-order valence-corrected chi connectivity index (χ4v) is 4.52. The van der Waals surface area contributed by atoms with Crippen LogP contribution in [0.15, 0.2) is 48.8 Å². The van der Waals surface area contributed by atoms with Gasteiger partial charge >= 0.3 is 0 Å². The Morgan fingerprint density at radius 2 is 2.04 bits per heavy atom. The minimum absolute atomic E-state index is 0.119. The summed E-state index contributed by atoms with van der Waals surface area (Å²) in [6.45, 7) is 3.70. The van der Waals surface area contributed by atoms with Gasteiger partial charge in [-0.25, -0.2) is 4.98 Å². The van der Waals surface area contributed by atoms with Crippen molar-refractivity contribution in [2.45, 2.75) is 38.0 Å². The van der Waals surface area contributed by atoms with E-state index in [0.29, 0.717) is 18.8 Å². The first-order valence-corrected chi connectivity index (χ1v) is 9.79. The van der Waals surface area contributed by atoms with Gasteiger partial charge in [0.05, 0.1) is 11.6 Å². The molecule has 1 fully saturated rings. The predicted octanol–water partition coefficient (Wildman–Crippen LogP) is 1.93. The Morgan fingerprint density at radius 1 is 1.21 bits per heavy atom. The van der Waals surface area contributed by atoms with Gasteiger partial charge in [0.2, 0.25) is 0 Å². The van der Waals surface area contributed by atoms with E-state index in [2.05, 4.69) is 22.4 Å². The molecule has 3 aromatic rings. The van der Waals surface area contributed by atoms with Gasteiger partial charge in [0.15, 0.2) is 0 Å². The van der Waals surface area contributed by atoms with Crippen LogP contribution in [-0.4, -0.2) is 50.0 Å². The molecule has 144 valence electrons. The second-order valence-corrected chi connectivity index (χ2v) is 8.07. The van der Waals surface area contributed by atoms with Gasteiger partial charge in [-0.1, -0.05) is 30.3 Å². The number of piperidine rings is 1. The molecule has 2 aromatic heterocycles. The minimum atomic E-state index is -0.613. The molecule has 0 aliphatic carbocycles. The number of aryl methyl sites for hydroxylation is 1. The van der Waals surface area contributed by atoms with Gasteiger partial charge in [0.25, 0.3) is 5.91 Å². The van der Waals surface area contributed by atoms with Crippen LogP contribution in [0.1, 0.15) is 33.6 Å². The average molecular weight is 376 g/mol. The van der Waals surface area contributed by atoms with Crippen LogP contribution in [0.2, 0.25) is 0 Å². The average Bonchev–Trinajstić information content (AvgIpc) is 3.13. The van der Waals surface area contributed by atoms with Crippen LogP contribution in [0.25, 0.3) is 5.65 Å². The number of amides is 1. The molecule has 2 aliphatic heterocycles. The molecule has 1 aromatic carbocycles. The van der Waals surface area contributed by atoms with E-state index >= 15 is 0 Å². The Labute approximate surface area is 163 Å². The van der Waals surface area contributed by atoms with Crippen molar-refractivity contribution in [3.8, 4) is 0 Å². The lowest BCUT2D eigenvalue weighted by Crippen LogP contribution is -2.65. The number of rotatable bonds is 1. The second kappa shape index (κ2) is 6.43. The summed E-state index contributed by atoms with van der Waals surface area (Å²) in [5.74, 6) is -0.119. The van der Waals surface area contributed by atoms with Gasteiger partial charge in [-0.2, -0.15) is 0 Å². The van der Waals surface area contributed by atoms with Gasteiger partial charge in [0, 0.05) is 32.0 Å². The molecular weight excluding hydrogens is 352 g/mol. The lowest BCUT2D eigenvalue weighted by Gasteiger charge is -2.48. The predicted molar refractivity (Wildman–Crippen MR) is 106 cm³/mol. The Bertz CT molecular complexity index is 1060. The number of hydrogen-bond donors (Lipinski definition) is 2. The molecule has 1 saturated heterocycles. The van der Waals surface area contributed by atoms with Crippen LogP contribution in [0.5, 0.6) is 0 Å². The number of hydrogen-bond acceptors (Lipinski definition) is 4. The van der Waals surface area contributed by atoms with Crippen LogP contribution in [0.4, 0.5) is 0 Å². The molecule has 1 amide bonds. The maximum absolute atomic E-state index is 13.0. The second-order valence-electron chi connectivity index (χ2n) is 8.07. The third-order valence-electron chi connectivity index (χ3n) is 6.22. The number of nitrogens with one attached hydrogen (secondary N) is 1. The third kappa shape index (κ3) is 2.80. The summed E-state index contributed by atoms with van der Waals surface area (Å²) >= 11 is 0. The number of pyridine rings is 1. The van der Waals surface area contributed by atoms with Crippen molar-refractivity contribution >= 4 is 11.6 Å². The number of likely N-dealkylation sites (tertiary alicyclic amines) is 1. The van der Waals surface area contributed by atoms with E-state index in [1.165, 1.54) is 11.1 Å². The van der Waals surface area contributed by atoms with E-state index in [9.17, 15) is 9.90 Å². The quantitative estimate of drug-likeness (QED) is 0.681. The van der Waals surface area contributed by atoms with E-state index in [-0.39, 0.29) is 11.4 Å². The fraction of sp³-hybridized carbons (Fsp3) is 0.364. The summed E-state index contributed by atoms with van der Waals surface area (Å²) < 4.78 is 1.88. The number of aromatic nitrogens is 2. The molecule has 4 heterocycles. The van der Waals surface area contributed by atoms with Gasteiger partial charge in [-0.05, 0) is 42.5 Å². The fourth-order valence-electron chi connectivity index (χ4n) is 4.52. The van der Waals surface area contributed by atoms with Gasteiger partial charge in [-0.3, -0.25) is 4.79 Å². The highest BCUT2D eigenvalue weighted by molar-refractivity contribution is 5.93. The Kier molecular flexibility index (Phi) is 4.00. The van der Waals surface area contributed by atoms with E-state index in [1.807, 2.05) is 41.8 Å². The van der Waals surface area contributed by atoms with Gasteiger partial charge < -0.3 is 19.7 Å². The summed E-state index contributed by atoms with van der Waals surface area (Å²) in [6, 6.07) is 12.3. The SMILES string of the molecule is Cc1ccc2nc(C(=O)N3CC[C@]4(Cc5ccccc5CN4)[C@H](O)C3)cn2c1. The number of fused-ring (bicyclic) bond motifs is 2. The molecule has 6 nitrogen and oxygen atoms in total. The molecule has 1 spiro atoms. The molecular formula is C22H24N4O2. The molecule has 0 bridgehead atoms. The number of nitrogens with zero attached hydrogens (tertiary/aromatic N) is 3. The van der Waals surface area contributed by atoms with Crippen LogP contribution in [-0.2, 0) is 13.0 Å². The molecule has 6 heteroatoms. The highest BCUT2D eigenvalue weighted by Gasteiger charge is 2.45. The zero-order valence-electron chi connectivity index (χ0n) is 15.9. The number of carbonyl (C=O) groups excluding carboxylic acids is 1. The number of imidazole rings is 1. The Balaban J connectivity index is 1.35. The van der Waals surface area contributed by atoms with Gasteiger partial charge in [-0.15, -0.1) is 0 Å². The largest absolute Gasteiger partial charge is 0.389 e. The van der Waals surface area contributed by atoms with Crippen molar-refractivity contribution in [1.82, 2.24) is 19.6 Å². The van der Waals surface area contributed by atoms with Gasteiger partial charge in [0.1, 0.15) is 11.3 Å². The van der Waals surface area contributed by atoms with E-state index in [1.54, 1.807) is 11.1 Å². The Morgan fingerprint density at radius 3 is 2.86 bits per heavy atom. The zero-order valence-corrected chi connectivity index (χ0v) is 15.9. The first kappa shape index (κ1) is 17.4. The Hall–Kier alpha value is -2.70. The minimum Gasteiger partial charge on any atom is -0.389 e. The molecule has 5 rings (SSSR count). The molecule has 0 unspecified atom stereocenters. The summed E-state index contributed by atoms with van der Waals surface area (Å²) in [5.41, 5.74) is 4.52. The van der Waals surface area contributed by atoms with Crippen molar-refractivity contribution in [2.24, 2.45) is 0 Å². The van der Waals surface area contributed by atoms with E-state index < -0.39 is 6.10 Å². The summed E-state index contributed by atoms with van der Waals surface area (Å²) in [7, 11) is 0. The smallest absolute Gasteiger partial charge is 0.274 e. The molecule has 2 aliphatic rings. The monoisotopic (exact) mass is 376 g/mol. The topological polar surface area (TPSA) is 69.9 Å². The number of aliphatic hydroxyl groups is 1. The molecule has 0 saturated carbocycles. The number of benzene rings is 1. The van der Waals surface area contributed by atoms with E-state index in [4.69, 9.17) is 0 Å². The third-order valence-corrected chi connectivity index (χ3v) is 6.22. The molecule has 2 atom stereocenters. The number of carbonyl (C=O) groups is 1. The van der Waals surface area contributed by atoms with Crippen LogP contribution in [0, 0.1) is 6.92 Å². The lowest BCUT2D eigenvalue weighted by atomic mass is 9.76. The normalized spacial score (nSPS) is 24.5. The summed E-state index contributed by atoms with van der Waals surface area (Å²) in [4.78, 5) is 19.2. The van der Waals surface area contributed by atoms with Crippen molar-refractivity contribution < 1.29 is 9.90 Å². The van der Waals surface area contributed by atoms with E-state index in [0.717, 1.165) is 30.6 Å². The molecule has 2 N–H and O–H groups in total. The lowest BCUT2D eigenvalue weighted by molar-refractivity contribution is -0.0140. The van der Waals surface area contributed by atoms with Crippen LogP contribution in [0.3, 0.4) is 0 Å². The molecule has 28 heavy (non-hydrogen) atoms. The highest BCUT2D eigenvalue weighted by Crippen LogP contribution is 2.32. The standard InChI is InChI=1S/C22H24N4O2/c1-15-6-7-20-24-18(13-26(20)12-15)21(28)25-9-8-22(19(27)14-25)10-16-4-2-3-5-17(16)11-23-22/h2-7,12-13,19,23,27H,8-11,14H2,1H3/t19-,22+/m1/s1. The summed E-state index contributed by atoms with van der Waals surface area (Å²) in [6.07, 6.45) is 4.64. The highest BCUT2D eigenvalue weighted by atomic mass is 16.3. The molecule has 0 radical (unpaired) electrons. The maximum atomic E-state index is 13.0. The zero-order chi connectivity index (χ0) is 19.3. The van der Waals surface area contributed by atoms with Crippen LogP contribution >= 0.6 is 0 Å². The summed E-state index contributed by atoms with van der Waals surface area (Å²) in [5, 5.41) is 14.5. The van der Waals surface area contributed by atoms with Crippen LogP contribution < -0.4 is 5.32 Å². The van der Waals surface area contributed by atoms with Crippen molar-refractivity contribution in [3.63, 3.8) is 0 Å². The van der Waals surface area contributed by atoms with Crippen molar-refractivity contribution in [2.75, 3.05) is 13.1 Å². The first-order chi connectivity index (χ1) is 13.5. The first-order valence-electron chi connectivity index (χ1n) is 9.79. The maximum Gasteiger partial charge on any atom is 0.274 e. The van der Waals surface area contributed by atoms with Crippen molar-refractivity contribution in [3.05, 3.63) is 71.2 Å².